The van der Waals surface area contributed by atoms with Crippen molar-refractivity contribution in [1.82, 2.24) is 25.9 Å². The van der Waals surface area contributed by atoms with E-state index in [0.29, 0.717) is 34.1 Å². The lowest BCUT2D eigenvalue weighted by molar-refractivity contribution is 0.0280. The van der Waals surface area contributed by atoms with E-state index in [2.05, 4.69) is 33.1 Å². The van der Waals surface area contributed by atoms with Crippen molar-refractivity contribution in [1.29, 1.82) is 0 Å². The summed E-state index contributed by atoms with van der Waals surface area (Å²) in [5.41, 5.74) is 3.39. The minimum atomic E-state index is -0.339. The Morgan fingerprint density at radius 3 is 2.88 bits per heavy atom. The summed E-state index contributed by atoms with van der Waals surface area (Å²) in [5.74, 6) is 1.05. The minimum absolute atomic E-state index is 0.0178. The van der Waals surface area contributed by atoms with E-state index in [1.54, 1.807) is 25.2 Å². The fourth-order valence-corrected chi connectivity index (χ4v) is 2.59. The fourth-order valence-electron chi connectivity index (χ4n) is 2.59. The van der Waals surface area contributed by atoms with Crippen LogP contribution < -0.4 is 16.2 Å². The second kappa shape index (κ2) is 5.10. The molecule has 0 radical (unpaired) electrons. The lowest BCUT2D eigenvalue weighted by atomic mass is 10.1. The number of aromatic nitrogens is 2. The van der Waals surface area contributed by atoms with Crippen molar-refractivity contribution in [2.45, 2.75) is 32.2 Å². The van der Waals surface area contributed by atoms with Gasteiger partial charge in [-0.05, 0) is 26.7 Å². The van der Waals surface area contributed by atoms with Crippen molar-refractivity contribution in [3.8, 4) is 0 Å². The summed E-state index contributed by atoms with van der Waals surface area (Å²) in [6.07, 6.45) is 5.18. The van der Waals surface area contributed by atoms with E-state index >= 15 is 0 Å². The summed E-state index contributed by atoms with van der Waals surface area (Å²) in [4.78, 5) is 26.3. The second-order valence-electron chi connectivity index (χ2n) is 6.37. The van der Waals surface area contributed by atoms with Gasteiger partial charge in [-0.3, -0.25) is 15.1 Å². The van der Waals surface area contributed by atoms with Gasteiger partial charge in [0.25, 0.3) is 5.91 Å². The van der Waals surface area contributed by atoms with E-state index in [0.717, 1.165) is 12.8 Å². The standard InChI is InChI=1S/C15H18N6O3/c1-8-10(13(22)18-9-6-21(3)20-24-9)11-12(19-15(2)4-5-15)16-7-17-14(11)23-8/h6-7,20H,4-5H2,1-3H3,(H,18,22)(H,16,17,19). The molecule has 0 saturated heterocycles. The molecule has 1 saturated carbocycles. The van der Waals surface area contributed by atoms with Crippen LogP contribution in [0.2, 0.25) is 0 Å². The molecule has 2 aliphatic rings. The van der Waals surface area contributed by atoms with Crippen LogP contribution in [0.1, 0.15) is 35.9 Å². The van der Waals surface area contributed by atoms with E-state index in [1.165, 1.54) is 6.33 Å². The van der Waals surface area contributed by atoms with E-state index in [1.807, 2.05) is 0 Å². The molecule has 126 valence electrons. The zero-order valence-electron chi connectivity index (χ0n) is 13.6. The fraction of sp³-hybridized carbons (Fsp3) is 0.400. The highest BCUT2D eigenvalue weighted by atomic mass is 16.7. The Morgan fingerprint density at radius 1 is 1.42 bits per heavy atom. The number of hydrogen-bond donors (Lipinski definition) is 3. The highest BCUT2D eigenvalue weighted by molar-refractivity contribution is 6.10. The van der Waals surface area contributed by atoms with Crippen molar-refractivity contribution >= 4 is 22.8 Å². The summed E-state index contributed by atoms with van der Waals surface area (Å²) >= 11 is 0. The van der Waals surface area contributed by atoms with Gasteiger partial charge >= 0.3 is 0 Å². The first kappa shape index (κ1) is 14.8. The van der Waals surface area contributed by atoms with E-state index in [9.17, 15) is 4.79 Å². The number of hydrazine groups is 1. The summed E-state index contributed by atoms with van der Waals surface area (Å²) in [6, 6.07) is 0. The molecule has 9 nitrogen and oxygen atoms in total. The lowest BCUT2D eigenvalue weighted by Gasteiger charge is -2.13. The number of amides is 1. The number of nitrogens with zero attached hydrogens (tertiary/aromatic N) is 3. The third kappa shape index (κ3) is 2.52. The zero-order chi connectivity index (χ0) is 16.9. The predicted octanol–water partition coefficient (Wildman–Crippen LogP) is 1.41. The zero-order valence-corrected chi connectivity index (χ0v) is 13.6. The van der Waals surface area contributed by atoms with Crippen LogP contribution in [0.3, 0.4) is 0 Å². The molecule has 0 unspecified atom stereocenters. The number of hydrogen-bond acceptors (Lipinski definition) is 8. The largest absolute Gasteiger partial charge is 0.442 e. The van der Waals surface area contributed by atoms with Crippen molar-refractivity contribution in [3.63, 3.8) is 0 Å². The third-order valence-electron chi connectivity index (χ3n) is 4.16. The van der Waals surface area contributed by atoms with Crippen LogP contribution >= 0.6 is 0 Å². The molecular formula is C15H18N6O3. The number of anilines is 1. The second-order valence-corrected chi connectivity index (χ2v) is 6.37. The van der Waals surface area contributed by atoms with Crippen LogP contribution in [0.15, 0.2) is 22.8 Å². The van der Waals surface area contributed by atoms with Crippen molar-refractivity contribution < 1.29 is 14.0 Å². The van der Waals surface area contributed by atoms with Gasteiger partial charge in [-0.2, -0.15) is 0 Å². The summed E-state index contributed by atoms with van der Waals surface area (Å²) in [5, 5.41) is 8.26. The van der Waals surface area contributed by atoms with E-state index < -0.39 is 0 Å². The number of nitrogens with one attached hydrogen (secondary N) is 3. The first-order valence-corrected chi connectivity index (χ1v) is 7.66. The summed E-state index contributed by atoms with van der Waals surface area (Å²) in [6.45, 7) is 3.85. The maximum absolute atomic E-state index is 12.7. The molecule has 9 heteroatoms. The molecule has 1 aliphatic carbocycles. The maximum atomic E-state index is 12.7. The molecular weight excluding hydrogens is 312 g/mol. The SMILES string of the molecule is Cc1oc2ncnc(NC3(C)CC3)c2c1C(=O)NC1=CN(C)NO1. The summed E-state index contributed by atoms with van der Waals surface area (Å²) in [7, 11) is 1.75. The van der Waals surface area contributed by atoms with Crippen LogP contribution in [-0.2, 0) is 4.84 Å². The predicted molar refractivity (Wildman–Crippen MR) is 85.3 cm³/mol. The Balaban J connectivity index is 1.72. The van der Waals surface area contributed by atoms with E-state index in [4.69, 9.17) is 9.25 Å². The number of aryl methyl sites for hydroxylation is 1. The number of carbonyl (C=O) groups is 1. The molecule has 4 rings (SSSR count). The number of carbonyl (C=O) groups excluding carboxylic acids is 1. The van der Waals surface area contributed by atoms with E-state index in [-0.39, 0.29) is 11.4 Å². The number of rotatable bonds is 4. The quantitative estimate of drug-likeness (QED) is 0.773. The lowest BCUT2D eigenvalue weighted by Crippen LogP contribution is -2.26. The van der Waals surface area contributed by atoms with Crippen LogP contribution in [0.5, 0.6) is 0 Å². The average Bonchev–Trinajstić information content (AvgIpc) is 2.94. The Kier molecular flexibility index (Phi) is 3.14. The monoisotopic (exact) mass is 330 g/mol. The number of furan rings is 1. The topological polar surface area (TPSA) is 105 Å². The van der Waals surface area contributed by atoms with Crippen LogP contribution in [-0.4, -0.2) is 33.5 Å². The van der Waals surface area contributed by atoms with Gasteiger partial charge in [-0.25, -0.2) is 9.97 Å². The molecule has 0 spiro atoms. The highest BCUT2D eigenvalue weighted by Gasteiger charge is 2.38. The maximum Gasteiger partial charge on any atom is 0.262 e. The Labute approximate surface area is 138 Å². The molecule has 2 aromatic heterocycles. The molecule has 3 N–H and O–H groups in total. The van der Waals surface area contributed by atoms with Gasteiger partial charge in [0.1, 0.15) is 17.9 Å². The normalized spacial score (nSPS) is 18.3. The van der Waals surface area contributed by atoms with Crippen LogP contribution in [0.4, 0.5) is 5.82 Å². The molecule has 1 aliphatic heterocycles. The first-order valence-electron chi connectivity index (χ1n) is 7.66. The van der Waals surface area contributed by atoms with Gasteiger partial charge < -0.3 is 14.6 Å². The van der Waals surface area contributed by atoms with Gasteiger partial charge in [-0.1, -0.05) is 5.59 Å². The molecule has 0 atom stereocenters. The summed E-state index contributed by atoms with van der Waals surface area (Å²) < 4.78 is 5.64. The van der Waals surface area contributed by atoms with Gasteiger partial charge in [0, 0.05) is 12.6 Å². The smallest absolute Gasteiger partial charge is 0.262 e. The van der Waals surface area contributed by atoms with Crippen LogP contribution in [0, 0.1) is 6.92 Å². The van der Waals surface area contributed by atoms with Gasteiger partial charge in [0.15, 0.2) is 0 Å². The third-order valence-corrected chi connectivity index (χ3v) is 4.16. The molecule has 1 amide bonds. The Bertz CT molecular complexity index is 854. The molecule has 0 bridgehead atoms. The van der Waals surface area contributed by atoms with Gasteiger partial charge in [-0.15, -0.1) is 0 Å². The van der Waals surface area contributed by atoms with Crippen LogP contribution in [0.25, 0.3) is 11.1 Å². The average molecular weight is 330 g/mol. The van der Waals surface area contributed by atoms with Crippen molar-refractivity contribution in [2.24, 2.45) is 0 Å². The first-order chi connectivity index (χ1) is 11.5. The molecule has 24 heavy (non-hydrogen) atoms. The Morgan fingerprint density at radius 2 is 2.21 bits per heavy atom. The van der Waals surface area contributed by atoms with Gasteiger partial charge in [0.2, 0.25) is 11.6 Å². The molecule has 0 aromatic carbocycles. The van der Waals surface area contributed by atoms with Crippen molar-refractivity contribution in [2.75, 3.05) is 12.4 Å². The minimum Gasteiger partial charge on any atom is -0.442 e. The highest BCUT2D eigenvalue weighted by Crippen LogP contribution is 2.40. The number of fused-ring (bicyclic) bond motifs is 1. The molecule has 3 heterocycles. The Hall–Kier alpha value is -2.81. The van der Waals surface area contributed by atoms with Crippen molar-refractivity contribution in [3.05, 3.63) is 29.7 Å². The van der Waals surface area contributed by atoms with Gasteiger partial charge in [0.05, 0.1) is 17.1 Å². The molecule has 1 fully saturated rings. The molecule has 2 aromatic rings.